The van der Waals surface area contributed by atoms with Crippen LogP contribution >= 0.6 is 0 Å². The summed E-state index contributed by atoms with van der Waals surface area (Å²) in [5.74, 6) is 0.0364. The Kier molecular flexibility index (Phi) is 4.04. The topological polar surface area (TPSA) is 74.9 Å². The predicted molar refractivity (Wildman–Crippen MR) is 96.2 cm³/mol. The molecule has 1 N–H and O–H groups in total. The Labute approximate surface area is 141 Å². The molecule has 5 nitrogen and oxygen atoms in total. The van der Waals surface area contributed by atoms with Crippen molar-refractivity contribution in [2.45, 2.75) is 6.92 Å². The van der Waals surface area contributed by atoms with E-state index in [2.05, 4.69) is 10.8 Å². The zero-order valence-corrected chi connectivity index (χ0v) is 14.3. The molecule has 1 heterocycles. The van der Waals surface area contributed by atoms with E-state index in [4.69, 9.17) is 5.26 Å². The average Bonchev–Trinajstić information content (AvgIpc) is 2.91. The Hall–Kier alpha value is -2.78. The van der Waals surface area contributed by atoms with Gasteiger partial charge in [-0.3, -0.25) is 4.72 Å². The highest BCUT2D eigenvalue weighted by Gasteiger charge is 2.12. The summed E-state index contributed by atoms with van der Waals surface area (Å²) >= 11 is 0. The molecular weight excluding hydrogens is 322 g/mol. The molecule has 0 fully saturated rings. The number of sulfonamides is 1. The Balaban J connectivity index is 2.07. The van der Waals surface area contributed by atoms with Crippen molar-refractivity contribution >= 4 is 26.6 Å². The maximum absolute atomic E-state index is 11.7. The van der Waals surface area contributed by atoms with Gasteiger partial charge in [-0.2, -0.15) is 5.26 Å². The minimum atomic E-state index is -3.30. The van der Waals surface area contributed by atoms with Gasteiger partial charge >= 0.3 is 0 Å². The molecule has 6 heteroatoms. The highest BCUT2D eigenvalue weighted by Crippen LogP contribution is 2.32. The van der Waals surface area contributed by atoms with Gasteiger partial charge in [0.25, 0.3) is 0 Å². The first-order valence-electron chi connectivity index (χ1n) is 7.53. The lowest BCUT2D eigenvalue weighted by Crippen LogP contribution is -2.14. The van der Waals surface area contributed by atoms with Crippen molar-refractivity contribution in [3.63, 3.8) is 0 Å². The van der Waals surface area contributed by atoms with E-state index < -0.39 is 10.0 Å². The van der Waals surface area contributed by atoms with Gasteiger partial charge in [0.05, 0.1) is 28.6 Å². The maximum Gasteiger partial charge on any atom is 0.232 e. The van der Waals surface area contributed by atoms with Crippen LogP contribution in [0, 0.1) is 11.3 Å². The van der Waals surface area contributed by atoms with Crippen LogP contribution in [0.2, 0.25) is 0 Å². The number of aryl methyl sites for hydroxylation is 1. The molecule has 122 valence electrons. The fourth-order valence-corrected chi connectivity index (χ4v) is 3.28. The first-order valence-corrected chi connectivity index (χ1v) is 9.19. The molecule has 0 bridgehead atoms. The summed E-state index contributed by atoms with van der Waals surface area (Å²) < 4.78 is 28.0. The van der Waals surface area contributed by atoms with Crippen LogP contribution in [0.25, 0.3) is 22.0 Å². The highest BCUT2D eigenvalue weighted by atomic mass is 32.2. The number of anilines is 1. The summed E-state index contributed by atoms with van der Waals surface area (Å²) in [6, 6.07) is 15.0. The highest BCUT2D eigenvalue weighted by molar-refractivity contribution is 7.92. The Morgan fingerprint density at radius 1 is 1.17 bits per heavy atom. The van der Waals surface area contributed by atoms with Crippen molar-refractivity contribution in [3.05, 3.63) is 54.2 Å². The van der Waals surface area contributed by atoms with Crippen molar-refractivity contribution in [2.75, 3.05) is 10.5 Å². The molecule has 24 heavy (non-hydrogen) atoms. The van der Waals surface area contributed by atoms with E-state index in [1.165, 1.54) is 0 Å². The molecular formula is C18H17N3O2S. The van der Waals surface area contributed by atoms with E-state index in [-0.39, 0.29) is 5.75 Å². The molecule has 0 radical (unpaired) electrons. The van der Waals surface area contributed by atoms with Crippen LogP contribution in [0.5, 0.6) is 0 Å². The second kappa shape index (κ2) is 6.02. The van der Waals surface area contributed by atoms with Gasteiger partial charge in [0.1, 0.15) is 0 Å². The molecule has 0 aliphatic heterocycles. The van der Waals surface area contributed by atoms with Gasteiger partial charge in [-0.1, -0.05) is 18.2 Å². The minimum absolute atomic E-state index is 0.0364. The van der Waals surface area contributed by atoms with Gasteiger partial charge in [-0.05, 0) is 36.8 Å². The molecule has 0 spiro atoms. The fourth-order valence-electron chi connectivity index (χ4n) is 2.65. The molecule has 1 aromatic heterocycles. The number of hydrogen-bond acceptors (Lipinski definition) is 3. The van der Waals surface area contributed by atoms with Crippen LogP contribution in [0.4, 0.5) is 5.69 Å². The summed E-state index contributed by atoms with van der Waals surface area (Å²) in [5.41, 5.74) is 4.17. The number of fused-ring (bicyclic) bond motifs is 1. The molecule has 0 amide bonds. The number of nitrogens with one attached hydrogen (secondary N) is 1. The van der Waals surface area contributed by atoms with Crippen molar-refractivity contribution < 1.29 is 8.42 Å². The number of benzene rings is 2. The SMILES string of the molecule is CCS(=O)(=O)Nc1ccc2c(-c3ccc(C#N)cc3)cn(C)c2c1. The van der Waals surface area contributed by atoms with Gasteiger partial charge in [0, 0.05) is 24.2 Å². The van der Waals surface area contributed by atoms with Crippen LogP contribution in [0.15, 0.2) is 48.7 Å². The van der Waals surface area contributed by atoms with Crippen LogP contribution in [-0.4, -0.2) is 18.7 Å². The first-order chi connectivity index (χ1) is 11.4. The minimum Gasteiger partial charge on any atom is -0.350 e. The Morgan fingerprint density at radius 3 is 2.50 bits per heavy atom. The summed E-state index contributed by atoms with van der Waals surface area (Å²) in [5, 5.41) is 9.94. The van der Waals surface area contributed by atoms with E-state index in [0.717, 1.165) is 22.0 Å². The van der Waals surface area contributed by atoms with Crippen molar-refractivity contribution in [2.24, 2.45) is 7.05 Å². The third-order valence-corrected chi connectivity index (χ3v) is 5.28. The lowest BCUT2D eigenvalue weighted by atomic mass is 10.0. The van der Waals surface area contributed by atoms with E-state index in [1.807, 2.05) is 42.1 Å². The third-order valence-electron chi connectivity index (χ3n) is 3.97. The lowest BCUT2D eigenvalue weighted by Gasteiger charge is -2.07. The Bertz CT molecular complexity index is 1040. The molecule has 0 unspecified atom stereocenters. The lowest BCUT2D eigenvalue weighted by molar-refractivity contribution is 0.602. The average molecular weight is 339 g/mol. The molecule has 0 aliphatic rings. The summed E-state index contributed by atoms with van der Waals surface area (Å²) in [6.07, 6.45) is 2.00. The number of nitriles is 1. The standard InChI is InChI=1S/C18H17N3O2S/c1-3-24(22,23)20-15-8-9-16-17(12-21(2)18(16)10-15)14-6-4-13(11-19)5-7-14/h4-10,12,20H,3H2,1-2H3. The second-order valence-corrected chi connectivity index (χ2v) is 7.59. The zero-order chi connectivity index (χ0) is 17.3. The second-order valence-electron chi connectivity index (χ2n) is 5.58. The molecule has 0 saturated heterocycles. The number of nitrogens with zero attached hydrogens (tertiary/aromatic N) is 2. The largest absolute Gasteiger partial charge is 0.350 e. The maximum atomic E-state index is 11.7. The third kappa shape index (κ3) is 2.99. The van der Waals surface area contributed by atoms with Crippen molar-refractivity contribution in [3.8, 4) is 17.2 Å². The molecule has 3 aromatic rings. The number of hydrogen-bond donors (Lipinski definition) is 1. The van der Waals surface area contributed by atoms with Crippen molar-refractivity contribution in [1.82, 2.24) is 4.57 Å². The van der Waals surface area contributed by atoms with E-state index in [0.29, 0.717) is 11.3 Å². The zero-order valence-electron chi connectivity index (χ0n) is 13.4. The molecule has 2 aromatic carbocycles. The molecule has 0 atom stereocenters. The molecule has 0 saturated carbocycles. The fraction of sp³-hybridized carbons (Fsp3) is 0.167. The number of aromatic nitrogens is 1. The summed E-state index contributed by atoms with van der Waals surface area (Å²) in [7, 11) is -1.37. The predicted octanol–water partition coefficient (Wildman–Crippen LogP) is 3.48. The normalized spacial score (nSPS) is 11.4. The quantitative estimate of drug-likeness (QED) is 0.791. The molecule has 3 rings (SSSR count). The molecule has 0 aliphatic carbocycles. The van der Waals surface area contributed by atoms with E-state index in [1.54, 1.807) is 25.1 Å². The van der Waals surface area contributed by atoms with Crippen molar-refractivity contribution in [1.29, 1.82) is 5.26 Å². The van der Waals surface area contributed by atoms with Gasteiger partial charge in [0.15, 0.2) is 0 Å². The van der Waals surface area contributed by atoms with Crippen LogP contribution in [0.1, 0.15) is 12.5 Å². The van der Waals surface area contributed by atoms with E-state index >= 15 is 0 Å². The number of rotatable bonds is 4. The Morgan fingerprint density at radius 2 is 1.88 bits per heavy atom. The van der Waals surface area contributed by atoms with Gasteiger partial charge < -0.3 is 4.57 Å². The smallest absolute Gasteiger partial charge is 0.232 e. The van der Waals surface area contributed by atoms with Gasteiger partial charge in [-0.25, -0.2) is 8.42 Å². The van der Waals surface area contributed by atoms with Crippen LogP contribution in [0.3, 0.4) is 0 Å². The summed E-state index contributed by atoms with van der Waals surface area (Å²) in [6.45, 7) is 1.60. The van der Waals surface area contributed by atoms with Gasteiger partial charge in [0.2, 0.25) is 10.0 Å². The van der Waals surface area contributed by atoms with Gasteiger partial charge in [-0.15, -0.1) is 0 Å². The van der Waals surface area contributed by atoms with Crippen LogP contribution in [-0.2, 0) is 17.1 Å². The van der Waals surface area contributed by atoms with E-state index in [9.17, 15) is 8.42 Å². The van der Waals surface area contributed by atoms with Crippen LogP contribution < -0.4 is 4.72 Å². The monoisotopic (exact) mass is 339 g/mol. The summed E-state index contributed by atoms with van der Waals surface area (Å²) in [4.78, 5) is 0. The first kappa shape index (κ1) is 16.1.